The molecule has 4 aromatic rings. The van der Waals surface area contributed by atoms with Gasteiger partial charge < -0.3 is 9.26 Å². The minimum absolute atomic E-state index is 0.309. The Morgan fingerprint density at radius 2 is 1.84 bits per heavy atom. The van der Waals surface area contributed by atoms with E-state index in [9.17, 15) is 4.79 Å². The Labute approximate surface area is 186 Å². The second-order valence-corrected chi connectivity index (χ2v) is 7.85. The number of hydrogen-bond donors (Lipinski definition) is 0. The normalized spacial score (nSPS) is 13.3. The summed E-state index contributed by atoms with van der Waals surface area (Å²) in [6.45, 7) is 4.15. The van der Waals surface area contributed by atoms with Crippen LogP contribution in [0.3, 0.4) is 0 Å². The molecule has 0 unspecified atom stereocenters. The molecule has 32 heavy (non-hydrogen) atoms. The Morgan fingerprint density at radius 3 is 2.56 bits per heavy atom. The summed E-state index contributed by atoms with van der Waals surface area (Å²) >= 11 is 0. The molecule has 2 aromatic heterocycles. The molecule has 1 aliphatic carbocycles. The van der Waals surface area contributed by atoms with Gasteiger partial charge in [0.05, 0.1) is 24.2 Å². The van der Waals surface area contributed by atoms with Crippen molar-refractivity contribution in [2.24, 2.45) is 0 Å². The van der Waals surface area contributed by atoms with Gasteiger partial charge in [-0.2, -0.15) is 10.1 Å². The van der Waals surface area contributed by atoms with E-state index in [4.69, 9.17) is 9.26 Å². The molecule has 1 aliphatic rings. The molecule has 0 amide bonds. The molecule has 0 bridgehead atoms. The van der Waals surface area contributed by atoms with Crippen LogP contribution in [0.2, 0.25) is 0 Å². The van der Waals surface area contributed by atoms with Crippen molar-refractivity contribution >= 4 is 5.97 Å². The minimum Gasteiger partial charge on any atom is -0.462 e. The van der Waals surface area contributed by atoms with E-state index in [1.54, 1.807) is 6.20 Å². The number of hydrogen-bond acceptors (Lipinski definition) is 6. The molecule has 2 heterocycles. The SMILES string of the molecule is CCOC(=O)c1cnn(-c2cccc(-c3cccc(-c4noc(CC)n4)c3)c2)c1C1CC1. The Kier molecular flexibility index (Phi) is 5.31. The van der Waals surface area contributed by atoms with Crippen molar-refractivity contribution in [3.8, 4) is 28.2 Å². The predicted octanol–water partition coefficient (Wildman–Crippen LogP) is 5.21. The van der Waals surface area contributed by atoms with Crippen LogP contribution in [0.15, 0.2) is 59.3 Å². The summed E-state index contributed by atoms with van der Waals surface area (Å²) in [7, 11) is 0. The van der Waals surface area contributed by atoms with Crippen LogP contribution in [0.4, 0.5) is 0 Å². The maximum atomic E-state index is 12.4. The second kappa shape index (κ2) is 8.42. The first kappa shape index (κ1) is 20.2. The first-order chi connectivity index (χ1) is 15.7. The summed E-state index contributed by atoms with van der Waals surface area (Å²) in [6, 6.07) is 16.2. The van der Waals surface area contributed by atoms with Crippen LogP contribution >= 0.6 is 0 Å². The van der Waals surface area contributed by atoms with Crippen molar-refractivity contribution in [1.82, 2.24) is 19.9 Å². The maximum absolute atomic E-state index is 12.4. The number of carbonyl (C=O) groups is 1. The number of benzene rings is 2. The Morgan fingerprint density at radius 1 is 1.09 bits per heavy atom. The lowest BCUT2D eigenvalue weighted by atomic mass is 10.0. The van der Waals surface area contributed by atoms with Crippen LogP contribution in [-0.2, 0) is 11.2 Å². The van der Waals surface area contributed by atoms with Crippen LogP contribution in [-0.4, -0.2) is 32.5 Å². The second-order valence-electron chi connectivity index (χ2n) is 7.85. The van der Waals surface area contributed by atoms with Crippen LogP contribution in [0.5, 0.6) is 0 Å². The van der Waals surface area contributed by atoms with Crippen molar-refractivity contribution in [3.05, 3.63) is 71.9 Å². The zero-order valence-electron chi connectivity index (χ0n) is 18.1. The zero-order valence-corrected chi connectivity index (χ0v) is 18.1. The van der Waals surface area contributed by atoms with E-state index in [0.29, 0.717) is 36.2 Å². The number of aryl methyl sites for hydroxylation is 1. The maximum Gasteiger partial charge on any atom is 0.341 e. The summed E-state index contributed by atoms with van der Waals surface area (Å²) in [4.78, 5) is 16.9. The first-order valence-corrected chi connectivity index (χ1v) is 11.0. The van der Waals surface area contributed by atoms with Gasteiger partial charge in [0, 0.05) is 17.9 Å². The standard InChI is InChI=1S/C25H24N4O3/c1-3-22-27-24(28-32-22)19-9-5-7-17(13-19)18-8-6-10-20(14-18)29-23(16-11-12-16)21(15-26-29)25(30)31-4-2/h5-10,13-16H,3-4,11-12H2,1-2H3. The third-order valence-electron chi connectivity index (χ3n) is 5.58. The van der Waals surface area contributed by atoms with Crippen molar-refractivity contribution < 1.29 is 14.1 Å². The van der Waals surface area contributed by atoms with Gasteiger partial charge in [-0.05, 0) is 49.1 Å². The molecule has 1 saturated carbocycles. The average molecular weight is 428 g/mol. The first-order valence-electron chi connectivity index (χ1n) is 11.0. The number of esters is 1. The molecule has 0 spiro atoms. The van der Waals surface area contributed by atoms with Gasteiger partial charge in [-0.15, -0.1) is 0 Å². The molecule has 5 rings (SSSR count). The van der Waals surface area contributed by atoms with E-state index in [0.717, 1.165) is 40.9 Å². The molecule has 1 fully saturated rings. The van der Waals surface area contributed by atoms with Crippen molar-refractivity contribution in [3.63, 3.8) is 0 Å². The molecule has 0 N–H and O–H groups in total. The summed E-state index contributed by atoms with van der Waals surface area (Å²) in [6.07, 6.45) is 4.45. The summed E-state index contributed by atoms with van der Waals surface area (Å²) in [5.74, 6) is 1.24. The molecule has 2 aromatic carbocycles. The van der Waals surface area contributed by atoms with E-state index in [1.807, 2.05) is 42.8 Å². The number of rotatable bonds is 7. The van der Waals surface area contributed by atoms with Gasteiger partial charge in [-0.1, -0.05) is 42.4 Å². The fourth-order valence-electron chi connectivity index (χ4n) is 3.85. The molecule has 162 valence electrons. The molecule has 0 radical (unpaired) electrons. The summed E-state index contributed by atoms with van der Waals surface area (Å²) in [5.41, 5.74) is 5.40. The fraction of sp³-hybridized carbons (Fsp3) is 0.280. The number of aromatic nitrogens is 4. The predicted molar refractivity (Wildman–Crippen MR) is 120 cm³/mol. The summed E-state index contributed by atoms with van der Waals surface area (Å²) in [5, 5.41) is 8.63. The molecule has 0 saturated heterocycles. The third kappa shape index (κ3) is 3.82. The van der Waals surface area contributed by atoms with Crippen LogP contribution in [0.1, 0.15) is 54.5 Å². The molecule has 0 aliphatic heterocycles. The largest absolute Gasteiger partial charge is 0.462 e. The van der Waals surface area contributed by atoms with Gasteiger partial charge in [0.1, 0.15) is 5.56 Å². The number of ether oxygens (including phenoxy) is 1. The van der Waals surface area contributed by atoms with Crippen LogP contribution in [0.25, 0.3) is 28.2 Å². The highest BCUT2D eigenvalue weighted by atomic mass is 16.5. The van der Waals surface area contributed by atoms with E-state index >= 15 is 0 Å². The van der Waals surface area contributed by atoms with Gasteiger partial charge in [0.15, 0.2) is 0 Å². The highest BCUT2D eigenvalue weighted by Gasteiger charge is 2.33. The monoisotopic (exact) mass is 428 g/mol. The topological polar surface area (TPSA) is 83.0 Å². The van der Waals surface area contributed by atoms with E-state index in [2.05, 4.69) is 39.5 Å². The summed E-state index contributed by atoms with van der Waals surface area (Å²) < 4.78 is 12.4. The highest BCUT2D eigenvalue weighted by molar-refractivity contribution is 5.91. The minimum atomic E-state index is -0.309. The molecule has 7 heteroatoms. The Bertz CT molecular complexity index is 1270. The van der Waals surface area contributed by atoms with Gasteiger partial charge in [-0.25, -0.2) is 9.48 Å². The van der Waals surface area contributed by atoms with Gasteiger partial charge >= 0.3 is 5.97 Å². The number of carbonyl (C=O) groups excluding carboxylic acids is 1. The van der Waals surface area contributed by atoms with E-state index in [1.165, 1.54) is 0 Å². The Balaban J connectivity index is 1.51. The smallest absolute Gasteiger partial charge is 0.341 e. The average Bonchev–Trinajstić information content (AvgIpc) is 3.38. The Hall–Kier alpha value is -3.74. The molecular weight excluding hydrogens is 404 g/mol. The van der Waals surface area contributed by atoms with Crippen molar-refractivity contribution in [2.45, 2.75) is 39.0 Å². The third-order valence-corrected chi connectivity index (χ3v) is 5.58. The lowest BCUT2D eigenvalue weighted by Gasteiger charge is -2.11. The molecular formula is C25H24N4O3. The van der Waals surface area contributed by atoms with Crippen LogP contribution < -0.4 is 0 Å². The molecule has 7 nitrogen and oxygen atoms in total. The molecule has 0 atom stereocenters. The van der Waals surface area contributed by atoms with Gasteiger partial charge in [0.25, 0.3) is 0 Å². The lowest BCUT2D eigenvalue weighted by molar-refractivity contribution is 0.0525. The number of nitrogens with zero attached hydrogens (tertiary/aromatic N) is 4. The highest BCUT2D eigenvalue weighted by Crippen LogP contribution is 2.43. The van der Waals surface area contributed by atoms with E-state index in [-0.39, 0.29) is 5.97 Å². The lowest BCUT2D eigenvalue weighted by Crippen LogP contribution is -2.09. The van der Waals surface area contributed by atoms with Crippen molar-refractivity contribution in [1.29, 1.82) is 0 Å². The van der Waals surface area contributed by atoms with Gasteiger partial charge in [0.2, 0.25) is 11.7 Å². The van der Waals surface area contributed by atoms with Crippen LogP contribution in [0, 0.1) is 0 Å². The van der Waals surface area contributed by atoms with Crippen molar-refractivity contribution in [2.75, 3.05) is 6.61 Å². The zero-order chi connectivity index (χ0) is 22.1. The fourth-order valence-corrected chi connectivity index (χ4v) is 3.85. The quantitative estimate of drug-likeness (QED) is 0.376. The van der Waals surface area contributed by atoms with E-state index < -0.39 is 0 Å². The van der Waals surface area contributed by atoms with Gasteiger partial charge in [-0.3, -0.25) is 0 Å².